The molecule has 0 radical (unpaired) electrons. The van der Waals surface area contributed by atoms with Gasteiger partial charge in [0.25, 0.3) is 0 Å². The zero-order valence-corrected chi connectivity index (χ0v) is 20.3. The molecule has 34 heavy (non-hydrogen) atoms. The van der Waals surface area contributed by atoms with Crippen LogP contribution in [0.2, 0.25) is 0 Å². The molecule has 3 rings (SSSR count). The second-order valence-electron chi connectivity index (χ2n) is 8.84. The van der Waals surface area contributed by atoms with Crippen LogP contribution in [0.4, 0.5) is 0 Å². The van der Waals surface area contributed by atoms with E-state index in [9.17, 15) is 9.90 Å². The number of rotatable bonds is 13. The standard InChI is InChI=1S/C28H38O6/c1-3-4-5-6-7-14-19-31-28-26(32-20-22-15-10-8-11-16-22)24(29)25(21(2)33-28)34-27(30)23-17-12-9-13-18-23/h8-13,15-18,21,24-26,28-29H,3-7,14,19-20H2,1-2H3/t21-,24+,25+,26-,28+/m0/s1. The Morgan fingerprint density at radius 1 is 0.882 bits per heavy atom. The van der Waals surface area contributed by atoms with Crippen molar-refractivity contribution in [2.24, 2.45) is 0 Å². The molecule has 0 saturated carbocycles. The van der Waals surface area contributed by atoms with Gasteiger partial charge in [0, 0.05) is 6.61 Å². The third-order valence-electron chi connectivity index (χ3n) is 6.07. The summed E-state index contributed by atoms with van der Waals surface area (Å²) >= 11 is 0. The first kappa shape index (κ1) is 26.4. The zero-order valence-electron chi connectivity index (χ0n) is 20.3. The van der Waals surface area contributed by atoms with Gasteiger partial charge in [-0.1, -0.05) is 87.6 Å². The summed E-state index contributed by atoms with van der Waals surface area (Å²) in [6, 6.07) is 18.5. The van der Waals surface area contributed by atoms with Crippen LogP contribution in [-0.4, -0.2) is 48.4 Å². The van der Waals surface area contributed by atoms with Gasteiger partial charge in [0.2, 0.25) is 0 Å². The highest BCUT2D eigenvalue weighted by Crippen LogP contribution is 2.28. The molecule has 1 saturated heterocycles. The van der Waals surface area contributed by atoms with Crippen LogP contribution in [0.25, 0.3) is 0 Å². The van der Waals surface area contributed by atoms with E-state index in [-0.39, 0.29) is 6.61 Å². The molecule has 1 fully saturated rings. The summed E-state index contributed by atoms with van der Waals surface area (Å²) in [5.74, 6) is -0.506. The van der Waals surface area contributed by atoms with Crippen molar-refractivity contribution in [3.05, 3.63) is 71.8 Å². The van der Waals surface area contributed by atoms with Crippen molar-refractivity contribution in [3.8, 4) is 0 Å². The first-order valence-corrected chi connectivity index (χ1v) is 12.5. The van der Waals surface area contributed by atoms with E-state index in [1.165, 1.54) is 25.7 Å². The lowest BCUT2D eigenvalue weighted by Crippen LogP contribution is -2.59. The molecule has 1 aliphatic heterocycles. The Bertz CT molecular complexity index is 827. The van der Waals surface area contributed by atoms with E-state index in [2.05, 4.69) is 6.92 Å². The summed E-state index contributed by atoms with van der Waals surface area (Å²) in [6.45, 7) is 4.79. The fraction of sp³-hybridized carbons (Fsp3) is 0.536. The number of ether oxygens (including phenoxy) is 4. The average molecular weight is 471 g/mol. The lowest BCUT2D eigenvalue weighted by Gasteiger charge is -2.42. The molecule has 5 atom stereocenters. The van der Waals surface area contributed by atoms with Crippen molar-refractivity contribution in [3.63, 3.8) is 0 Å². The van der Waals surface area contributed by atoms with E-state index in [0.29, 0.717) is 12.2 Å². The molecule has 6 heteroatoms. The minimum Gasteiger partial charge on any atom is -0.453 e. The molecule has 186 valence electrons. The quantitative estimate of drug-likeness (QED) is 0.317. The first-order valence-electron chi connectivity index (χ1n) is 12.5. The van der Waals surface area contributed by atoms with Crippen LogP contribution in [0.15, 0.2) is 60.7 Å². The summed E-state index contributed by atoms with van der Waals surface area (Å²) in [4.78, 5) is 12.6. The van der Waals surface area contributed by atoms with Crippen molar-refractivity contribution in [2.75, 3.05) is 6.61 Å². The predicted molar refractivity (Wildman–Crippen MR) is 130 cm³/mol. The number of aliphatic hydroxyl groups excluding tert-OH is 1. The highest BCUT2D eigenvalue weighted by Gasteiger charge is 2.47. The van der Waals surface area contributed by atoms with E-state index >= 15 is 0 Å². The van der Waals surface area contributed by atoms with E-state index in [1.807, 2.05) is 36.4 Å². The van der Waals surface area contributed by atoms with Crippen LogP contribution in [0.3, 0.4) is 0 Å². The Labute approximate surface area is 203 Å². The molecule has 0 spiro atoms. The summed E-state index contributed by atoms with van der Waals surface area (Å²) in [7, 11) is 0. The average Bonchev–Trinajstić information content (AvgIpc) is 2.86. The molecular formula is C28H38O6. The monoisotopic (exact) mass is 470 g/mol. The van der Waals surface area contributed by atoms with E-state index < -0.39 is 36.7 Å². The van der Waals surface area contributed by atoms with Gasteiger partial charge in [-0.15, -0.1) is 0 Å². The summed E-state index contributed by atoms with van der Waals surface area (Å²) in [5, 5.41) is 11.2. The van der Waals surface area contributed by atoms with Crippen LogP contribution in [0.1, 0.15) is 68.3 Å². The molecule has 1 N–H and O–H groups in total. The highest BCUT2D eigenvalue weighted by atomic mass is 16.7. The van der Waals surface area contributed by atoms with Gasteiger partial charge in [0.15, 0.2) is 12.4 Å². The Kier molecular flexibility index (Phi) is 11.0. The van der Waals surface area contributed by atoms with Crippen LogP contribution in [0, 0.1) is 0 Å². The summed E-state index contributed by atoms with van der Waals surface area (Å²) < 4.78 is 23.8. The fourth-order valence-electron chi connectivity index (χ4n) is 4.08. The Hall–Kier alpha value is -2.25. The van der Waals surface area contributed by atoms with Crippen LogP contribution >= 0.6 is 0 Å². The van der Waals surface area contributed by atoms with Gasteiger partial charge in [0.05, 0.1) is 18.3 Å². The number of hydrogen-bond donors (Lipinski definition) is 1. The molecule has 0 bridgehead atoms. The van der Waals surface area contributed by atoms with Gasteiger partial charge in [0.1, 0.15) is 12.2 Å². The lowest BCUT2D eigenvalue weighted by atomic mass is 9.99. The minimum atomic E-state index is -1.09. The molecule has 0 aromatic heterocycles. The molecule has 1 heterocycles. The van der Waals surface area contributed by atoms with Crippen molar-refractivity contribution >= 4 is 5.97 Å². The lowest BCUT2D eigenvalue weighted by molar-refractivity contribution is -0.304. The smallest absolute Gasteiger partial charge is 0.338 e. The van der Waals surface area contributed by atoms with Crippen molar-refractivity contribution in [1.82, 2.24) is 0 Å². The van der Waals surface area contributed by atoms with Crippen molar-refractivity contribution < 1.29 is 28.8 Å². The molecule has 0 amide bonds. The van der Waals surface area contributed by atoms with E-state index in [0.717, 1.165) is 18.4 Å². The molecule has 2 aromatic carbocycles. The van der Waals surface area contributed by atoms with Crippen LogP contribution in [0.5, 0.6) is 0 Å². The summed E-state index contributed by atoms with van der Waals surface area (Å²) in [6.07, 6.45) is 2.89. The molecule has 2 aromatic rings. The number of unbranched alkanes of at least 4 members (excludes halogenated alkanes) is 5. The van der Waals surface area contributed by atoms with Gasteiger partial charge in [-0.3, -0.25) is 0 Å². The predicted octanol–water partition coefficient (Wildman–Crippen LogP) is 5.28. The van der Waals surface area contributed by atoms with Crippen molar-refractivity contribution in [1.29, 1.82) is 0 Å². The van der Waals surface area contributed by atoms with Crippen LogP contribution < -0.4 is 0 Å². The van der Waals surface area contributed by atoms with E-state index in [1.54, 1.807) is 31.2 Å². The number of esters is 1. The second kappa shape index (κ2) is 14.2. The highest BCUT2D eigenvalue weighted by molar-refractivity contribution is 5.89. The van der Waals surface area contributed by atoms with Gasteiger partial charge < -0.3 is 24.1 Å². The first-order chi connectivity index (χ1) is 16.6. The third-order valence-corrected chi connectivity index (χ3v) is 6.07. The minimum absolute atomic E-state index is 0.288. The second-order valence-corrected chi connectivity index (χ2v) is 8.84. The maximum Gasteiger partial charge on any atom is 0.338 e. The SMILES string of the molecule is CCCCCCCCO[C@@H]1O[C@@H](C)[C@@H](OC(=O)c2ccccc2)[C@@H](O)[C@@H]1OCc1ccccc1. The number of carbonyl (C=O) groups excluding carboxylic acids is 1. The van der Waals surface area contributed by atoms with Gasteiger partial charge in [-0.2, -0.15) is 0 Å². The number of benzene rings is 2. The van der Waals surface area contributed by atoms with Crippen molar-refractivity contribution in [2.45, 2.75) is 89.7 Å². The normalized spacial score (nSPS) is 24.6. The molecular weight excluding hydrogens is 432 g/mol. The maximum atomic E-state index is 12.6. The maximum absolute atomic E-state index is 12.6. The molecule has 0 unspecified atom stereocenters. The zero-order chi connectivity index (χ0) is 24.2. The third kappa shape index (κ3) is 7.91. The summed E-state index contributed by atoms with van der Waals surface area (Å²) in [5.41, 5.74) is 1.39. The number of hydrogen-bond acceptors (Lipinski definition) is 6. The topological polar surface area (TPSA) is 74.2 Å². The van der Waals surface area contributed by atoms with E-state index in [4.69, 9.17) is 18.9 Å². The van der Waals surface area contributed by atoms with Gasteiger partial charge in [-0.05, 0) is 31.0 Å². The Balaban J connectivity index is 1.62. The largest absolute Gasteiger partial charge is 0.453 e. The number of aliphatic hydroxyl groups is 1. The molecule has 6 nitrogen and oxygen atoms in total. The number of carbonyl (C=O) groups is 1. The molecule has 0 aliphatic carbocycles. The Morgan fingerprint density at radius 2 is 1.53 bits per heavy atom. The van der Waals surface area contributed by atoms with Gasteiger partial charge in [-0.25, -0.2) is 4.79 Å². The molecule has 1 aliphatic rings. The Morgan fingerprint density at radius 3 is 2.24 bits per heavy atom. The van der Waals surface area contributed by atoms with Crippen LogP contribution in [-0.2, 0) is 25.6 Å². The fourth-order valence-corrected chi connectivity index (χ4v) is 4.08. The van der Waals surface area contributed by atoms with Gasteiger partial charge >= 0.3 is 5.97 Å².